The fourth-order valence-corrected chi connectivity index (χ4v) is 5.20. The first kappa shape index (κ1) is 21.3. The molecular formula is C24H26N2O4S. The maximum absolute atomic E-state index is 12.9. The fraction of sp³-hybridized carbons (Fsp3) is 0.292. The fourth-order valence-electron chi connectivity index (χ4n) is 3.69. The van der Waals surface area contributed by atoms with Gasteiger partial charge < -0.3 is 9.64 Å². The van der Waals surface area contributed by atoms with Crippen LogP contribution in [0, 0.1) is 13.8 Å². The van der Waals surface area contributed by atoms with Crippen LogP contribution in [0.2, 0.25) is 0 Å². The predicted molar refractivity (Wildman–Crippen MR) is 121 cm³/mol. The van der Waals surface area contributed by atoms with Gasteiger partial charge in [0.2, 0.25) is 10.0 Å². The van der Waals surface area contributed by atoms with E-state index in [1.54, 1.807) is 17.0 Å². The number of ether oxygens (including phenoxy) is 1. The van der Waals surface area contributed by atoms with Gasteiger partial charge in [-0.1, -0.05) is 36.4 Å². The number of benzene rings is 3. The minimum absolute atomic E-state index is 0.0672. The molecular weight excluding hydrogens is 412 g/mol. The van der Waals surface area contributed by atoms with E-state index in [4.69, 9.17) is 4.74 Å². The molecule has 6 nitrogen and oxygen atoms in total. The summed E-state index contributed by atoms with van der Waals surface area (Å²) < 4.78 is 33.0. The lowest BCUT2D eigenvalue weighted by Crippen LogP contribution is -2.51. The van der Waals surface area contributed by atoms with Crippen molar-refractivity contribution in [3.05, 3.63) is 71.8 Å². The summed E-state index contributed by atoms with van der Waals surface area (Å²) in [6.07, 6.45) is 0. The molecule has 1 heterocycles. The van der Waals surface area contributed by atoms with Gasteiger partial charge in [0.25, 0.3) is 5.91 Å². The topological polar surface area (TPSA) is 66.9 Å². The van der Waals surface area contributed by atoms with Gasteiger partial charge in [-0.05, 0) is 60.0 Å². The van der Waals surface area contributed by atoms with E-state index in [0.29, 0.717) is 23.7 Å². The van der Waals surface area contributed by atoms with Gasteiger partial charge in [-0.3, -0.25) is 4.79 Å². The number of sulfonamides is 1. The number of hydrogen-bond acceptors (Lipinski definition) is 4. The average Bonchev–Trinajstić information content (AvgIpc) is 2.79. The van der Waals surface area contributed by atoms with Crippen LogP contribution in [0.15, 0.2) is 65.6 Å². The molecule has 0 spiro atoms. The van der Waals surface area contributed by atoms with Crippen molar-refractivity contribution in [2.24, 2.45) is 0 Å². The van der Waals surface area contributed by atoms with E-state index in [9.17, 15) is 13.2 Å². The quantitative estimate of drug-likeness (QED) is 0.613. The van der Waals surface area contributed by atoms with Crippen molar-refractivity contribution in [1.82, 2.24) is 9.21 Å². The first-order valence-corrected chi connectivity index (χ1v) is 11.8. The zero-order chi connectivity index (χ0) is 22.0. The molecule has 31 heavy (non-hydrogen) atoms. The number of piperazine rings is 1. The van der Waals surface area contributed by atoms with Crippen LogP contribution < -0.4 is 4.74 Å². The van der Waals surface area contributed by atoms with E-state index in [2.05, 4.69) is 0 Å². The van der Waals surface area contributed by atoms with Gasteiger partial charge in [0.1, 0.15) is 5.75 Å². The predicted octanol–water partition coefficient (Wildman–Crippen LogP) is 3.37. The molecule has 3 aromatic rings. The SMILES string of the molecule is Cc1ccc(S(=O)(=O)N2CCN(C(=O)COc3ccc4ccccc4c3)CC2)cc1C. The Morgan fingerprint density at radius 1 is 0.871 bits per heavy atom. The second-order valence-electron chi connectivity index (χ2n) is 7.83. The van der Waals surface area contributed by atoms with Crippen LogP contribution >= 0.6 is 0 Å². The Morgan fingerprint density at radius 2 is 1.58 bits per heavy atom. The monoisotopic (exact) mass is 438 g/mol. The van der Waals surface area contributed by atoms with Gasteiger partial charge in [-0.15, -0.1) is 0 Å². The smallest absolute Gasteiger partial charge is 0.260 e. The molecule has 0 aliphatic carbocycles. The summed E-state index contributed by atoms with van der Waals surface area (Å²) in [6.45, 7) is 5.04. The Hall–Kier alpha value is -2.90. The zero-order valence-corrected chi connectivity index (χ0v) is 18.6. The number of fused-ring (bicyclic) bond motifs is 1. The maximum atomic E-state index is 12.9. The molecule has 0 unspecified atom stereocenters. The zero-order valence-electron chi connectivity index (χ0n) is 17.7. The Morgan fingerprint density at radius 3 is 2.29 bits per heavy atom. The average molecular weight is 439 g/mol. The molecule has 0 radical (unpaired) electrons. The Balaban J connectivity index is 1.34. The third-order valence-corrected chi connectivity index (χ3v) is 7.69. The number of carbonyl (C=O) groups excluding carboxylic acids is 1. The maximum Gasteiger partial charge on any atom is 0.260 e. The van der Waals surface area contributed by atoms with Crippen LogP contribution in [-0.4, -0.2) is 56.3 Å². The van der Waals surface area contributed by atoms with Crippen LogP contribution in [0.5, 0.6) is 5.75 Å². The largest absolute Gasteiger partial charge is 0.484 e. The van der Waals surface area contributed by atoms with E-state index in [1.807, 2.05) is 62.4 Å². The van der Waals surface area contributed by atoms with E-state index in [-0.39, 0.29) is 25.6 Å². The van der Waals surface area contributed by atoms with Crippen molar-refractivity contribution in [3.8, 4) is 5.75 Å². The highest BCUT2D eigenvalue weighted by Crippen LogP contribution is 2.22. The molecule has 0 aromatic heterocycles. The van der Waals surface area contributed by atoms with Crippen molar-refractivity contribution in [3.63, 3.8) is 0 Å². The first-order valence-electron chi connectivity index (χ1n) is 10.3. The summed E-state index contributed by atoms with van der Waals surface area (Å²) >= 11 is 0. The normalized spacial score (nSPS) is 15.2. The van der Waals surface area contributed by atoms with E-state index >= 15 is 0 Å². The third-order valence-electron chi connectivity index (χ3n) is 5.79. The van der Waals surface area contributed by atoms with E-state index < -0.39 is 10.0 Å². The van der Waals surface area contributed by atoms with Crippen molar-refractivity contribution >= 4 is 26.7 Å². The number of nitrogens with zero attached hydrogens (tertiary/aromatic N) is 2. The molecule has 0 atom stereocenters. The second kappa shape index (κ2) is 8.69. The molecule has 162 valence electrons. The van der Waals surface area contributed by atoms with Crippen molar-refractivity contribution < 1.29 is 17.9 Å². The number of aryl methyl sites for hydroxylation is 2. The standard InChI is InChI=1S/C24H26N2O4S/c1-18-7-10-23(15-19(18)2)31(28,29)26-13-11-25(12-14-26)24(27)17-30-22-9-8-20-5-3-4-6-21(20)16-22/h3-10,15-16H,11-14,17H2,1-2H3. The number of carbonyl (C=O) groups is 1. The van der Waals surface area contributed by atoms with Crippen LogP contribution in [0.25, 0.3) is 10.8 Å². The molecule has 1 aliphatic rings. The Kier molecular flexibility index (Phi) is 5.98. The van der Waals surface area contributed by atoms with Crippen molar-refractivity contribution in [2.45, 2.75) is 18.7 Å². The van der Waals surface area contributed by atoms with Crippen LogP contribution in [0.3, 0.4) is 0 Å². The molecule has 0 bridgehead atoms. The van der Waals surface area contributed by atoms with Crippen molar-refractivity contribution in [2.75, 3.05) is 32.8 Å². The molecule has 1 amide bonds. The van der Waals surface area contributed by atoms with Gasteiger partial charge in [0, 0.05) is 26.2 Å². The summed E-state index contributed by atoms with van der Waals surface area (Å²) in [4.78, 5) is 14.5. The van der Waals surface area contributed by atoms with Crippen LogP contribution in [0.1, 0.15) is 11.1 Å². The highest BCUT2D eigenvalue weighted by atomic mass is 32.2. The summed E-state index contributed by atoms with van der Waals surface area (Å²) in [5.74, 6) is 0.499. The number of amides is 1. The number of rotatable bonds is 5. The molecule has 0 saturated carbocycles. The molecule has 3 aromatic carbocycles. The highest BCUT2D eigenvalue weighted by molar-refractivity contribution is 7.89. The minimum Gasteiger partial charge on any atom is -0.484 e. The lowest BCUT2D eigenvalue weighted by atomic mass is 10.1. The summed E-state index contributed by atoms with van der Waals surface area (Å²) in [5.41, 5.74) is 2.00. The molecule has 4 rings (SSSR count). The summed E-state index contributed by atoms with van der Waals surface area (Å²) in [5, 5.41) is 2.17. The third kappa shape index (κ3) is 4.57. The minimum atomic E-state index is -3.56. The molecule has 1 fully saturated rings. The second-order valence-corrected chi connectivity index (χ2v) is 9.77. The van der Waals surface area contributed by atoms with Gasteiger partial charge in [-0.2, -0.15) is 4.31 Å². The van der Waals surface area contributed by atoms with Gasteiger partial charge in [0.05, 0.1) is 4.90 Å². The molecule has 7 heteroatoms. The van der Waals surface area contributed by atoms with Crippen molar-refractivity contribution in [1.29, 1.82) is 0 Å². The van der Waals surface area contributed by atoms with Crippen LogP contribution in [-0.2, 0) is 14.8 Å². The Labute approximate surface area is 183 Å². The lowest BCUT2D eigenvalue weighted by molar-refractivity contribution is -0.134. The van der Waals surface area contributed by atoms with Gasteiger partial charge in [-0.25, -0.2) is 8.42 Å². The van der Waals surface area contributed by atoms with E-state index in [0.717, 1.165) is 21.9 Å². The van der Waals surface area contributed by atoms with Gasteiger partial charge >= 0.3 is 0 Å². The van der Waals surface area contributed by atoms with Crippen LogP contribution in [0.4, 0.5) is 0 Å². The lowest BCUT2D eigenvalue weighted by Gasteiger charge is -2.34. The summed E-state index contributed by atoms with van der Waals surface area (Å²) in [6, 6.07) is 18.9. The van der Waals surface area contributed by atoms with E-state index in [1.165, 1.54) is 4.31 Å². The first-order chi connectivity index (χ1) is 14.8. The molecule has 1 aliphatic heterocycles. The van der Waals surface area contributed by atoms with Gasteiger partial charge in [0.15, 0.2) is 6.61 Å². The molecule has 0 N–H and O–H groups in total. The highest BCUT2D eigenvalue weighted by Gasteiger charge is 2.30. The summed E-state index contributed by atoms with van der Waals surface area (Å²) in [7, 11) is -3.56. The Bertz CT molecular complexity index is 1220. The molecule has 1 saturated heterocycles. The number of hydrogen-bond donors (Lipinski definition) is 0.